The average Bonchev–Trinajstić information content (AvgIpc) is 2.58. The van der Waals surface area contributed by atoms with Gasteiger partial charge in [0.1, 0.15) is 18.1 Å². The van der Waals surface area contributed by atoms with Crippen molar-refractivity contribution in [3.63, 3.8) is 0 Å². The molecule has 0 amide bonds. The van der Waals surface area contributed by atoms with Crippen LogP contribution in [-0.4, -0.2) is 26.3 Å². The van der Waals surface area contributed by atoms with Crippen LogP contribution in [0.25, 0.3) is 0 Å². The van der Waals surface area contributed by atoms with Gasteiger partial charge in [-0.1, -0.05) is 13.8 Å². The lowest BCUT2D eigenvalue weighted by Crippen LogP contribution is -2.06. The molecule has 1 aromatic heterocycles. The van der Waals surface area contributed by atoms with Crippen LogP contribution >= 0.6 is 0 Å². The molecule has 0 radical (unpaired) electrons. The van der Waals surface area contributed by atoms with Gasteiger partial charge in [0.05, 0.1) is 27.5 Å². The molecule has 0 fully saturated rings. The summed E-state index contributed by atoms with van der Waals surface area (Å²) in [6, 6.07) is 5.62. The van der Waals surface area contributed by atoms with Crippen LogP contribution in [-0.2, 0) is 6.61 Å². The van der Waals surface area contributed by atoms with Crippen molar-refractivity contribution in [1.29, 1.82) is 0 Å². The van der Waals surface area contributed by atoms with Crippen LogP contribution in [0.5, 0.6) is 23.0 Å². The minimum absolute atomic E-state index is 0.238. The number of hydrogen-bond acceptors (Lipinski definition) is 5. The molecule has 0 saturated heterocycles. The van der Waals surface area contributed by atoms with E-state index in [9.17, 15) is 0 Å². The monoisotopic (exact) mass is 317 g/mol. The van der Waals surface area contributed by atoms with Crippen LogP contribution in [0.15, 0.2) is 30.6 Å². The molecule has 0 atom stereocenters. The van der Waals surface area contributed by atoms with Gasteiger partial charge in [0, 0.05) is 17.3 Å². The van der Waals surface area contributed by atoms with E-state index in [1.807, 2.05) is 18.2 Å². The molecular weight excluding hydrogens is 294 g/mol. The Labute approximate surface area is 137 Å². The highest BCUT2D eigenvalue weighted by atomic mass is 16.5. The molecule has 0 saturated carbocycles. The summed E-state index contributed by atoms with van der Waals surface area (Å²) in [5.74, 6) is 3.05. The number of hydrogen-bond donors (Lipinski definition) is 0. The van der Waals surface area contributed by atoms with Gasteiger partial charge in [0.25, 0.3) is 0 Å². The maximum atomic E-state index is 5.78. The lowest BCUT2D eigenvalue weighted by Gasteiger charge is -2.21. The largest absolute Gasteiger partial charge is 0.496 e. The second kappa shape index (κ2) is 7.72. The first-order valence-electron chi connectivity index (χ1n) is 7.46. The van der Waals surface area contributed by atoms with Crippen molar-refractivity contribution < 1.29 is 18.9 Å². The summed E-state index contributed by atoms with van der Waals surface area (Å²) in [5.41, 5.74) is 1.84. The Hall–Kier alpha value is -2.43. The molecule has 0 N–H and O–H groups in total. The van der Waals surface area contributed by atoms with Crippen LogP contribution in [0.4, 0.5) is 0 Å². The molecule has 0 bridgehead atoms. The SMILES string of the molecule is COc1cc(COc2cccnc2)c(OC)c(OC)c1C(C)C. The zero-order valence-corrected chi connectivity index (χ0v) is 14.3. The minimum atomic E-state index is 0.238. The molecule has 23 heavy (non-hydrogen) atoms. The van der Waals surface area contributed by atoms with Crippen LogP contribution < -0.4 is 18.9 Å². The Bertz CT molecular complexity index is 641. The third-order valence-corrected chi connectivity index (χ3v) is 3.55. The van der Waals surface area contributed by atoms with E-state index in [0.717, 1.165) is 16.9 Å². The maximum Gasteiger partial charge on any atom is 0.168 e. The molecule has 124 valence electrons. The Balaban J connectivity index is 2.42. The molecule has 5 heteroatoms. The van der Waals surface area contributed by atoms with E-state index in [2.05, 4.69) is 18.8 Å². The van der Waals surface area contributed by atoms with Crippen molar-refractivity contribution in [3.8, 4) is 23.0 Å². The lowest BCUT2D eigenvalue weighted by atomic mass is 9.97. The highest BCUT2D eigenvalue weighted by molar-refractivity contribution is 5.59. The lowest BCUT2D eigenvalue weighted by molar-refractivity contribution is 0.286. The van der Waals surface area contributed by atoms with Gasteiger partial charge >= 0.3 is 0 Å². The molecule has 0 aliphatic carbocycles. The fourth-order valence-corrected chi connectivity index (χ4v) is 2.52. The quantitative estimate of drug-likeness (QED) is 0.777. The Morgan fingerprint density at radius 3 is 2.30 bits per heavy atom. The Morgan fingerprint density at radius 1 is 1.04 bits per heavy atom. The van der Waals surface area contributed by atoms with E-state index < -0.39 is 0 Å². The predicted molar refractivity (Wildman–Crippen MR) is 88.8 cm³/mol. The highest BCUT2D eigenvalue weighted by Crippen LogP contribution is 2.44. The number of rotatable bonds is 7. The molecule has 0 spiro atoms. The van der Waals surface area contributed by atoms with E-state index in [4.69, 9.17) is 18.9 Å². The first kappa shape index (κ1) is 16.9. The second-order valence-corrected chi connectivity index (χ2v) is 5.35. The van der Waals surface area contributed by atoms with Crippen molar-refractivity contribution >= 4 is 0 Å². The number of nitrogens with zero attached hydrogens (tertiary/aromatic N) is 1. The third kappa shape index (κ3) is 3.67. The zero-order valence-electron chi connectivity index (χ0n) is 14.3. The molecule has 2 aromatic rings. The van der Waals surface area contributed by atoms with Crippen LogP contribution in [0.2, 0.25) is 0 Å². The van der Waals surface area contributed by atoms with Crippen molar-refractivity contribution in [2.24, 2.45) is 0 Å². The number of benzene rings is 1. The summed E-state index contributed by atoms with van der Waals surface area (Å²) in [4.78, 5) is 4.04. The van der Waals surface area contributed by atoms with Gasteiger partial charge in [-0.05, 0) is 24.1 Å². The maximum absolute atomic E-state index is 5.78. The second-order valence-electron chi connectivity index (χ2n) is 5.35. The molecule has 0 aliphatic rings. The molecule has 0 unspecified atom stereocenters. The van der Waals surface area contributed by atoms with E-state index in [1.165, 1.54) is 0 Å². The van der Waals surface area contributed by atoms with Crippen molar-refractivity contribution in [1.82, 2.24) is 4.98 Å². The summed E-state index contributed by atoms with van der Waals surface area (Å²) < 4.78 is 22.5. The van der Waals surface area contributed by atoms with Crippen LogP contribution in [0, 0.1) is 0 Å². The summed E-state index contributed by atoms with van der Waals surface area (Å²) in [7, 11) is 4.91. The normalized spacial score (nSPS) is 10.5. The van der Waals surface area contributed by atoms with Gasteiger partial charge in [0.15, 0.2) is 11.5 Å². The van der Waals surface area contributed by atoms with Gasteiger partial charge in [-0.25, -0.2) is 0 Å². The predicted octanol–water partition coefficient (Wildman–Crippen LogP) is 3.81. The summed E-state index contributed by atoms with van der Waals surface area (Å²) in [5, 5.41) is 0. The molecular formula is C18H23NO4. The van der Waals surface area contributed by atoms with Gasteiger partial charge < -0.3 is 18.9 Å². The average molecular weight is 317 g/mol. The van der Waals surface area contributed by atoms with E-state index >= 15 is 0 Å². The number of ether oxygens (including phenoxy) is 4. The van der Waals surface area contributed by atoms with Crippen LogP contribution in [0.3, 0.4) is 0 Å². The van der Waals surface area contributed by atoms with Crippen LogP contribution in [0.1, 0.15) is 30.9 Å². The van der Waals surface area contributed by atoms with Crippen molar-refractivity contribution in [3.05, 3.63) is 41.7 Å². The van der Waals surface area contributed by atoms with E-state index in [1.54, 1.807) is 33.7 Å². The molecule has 1 heterocycles. The Kier molecular flexibility index (Phi) is 5.68. The molecule has 0 aliphatic heterocycles. The standard InChI is InChI=1S/C18H23NO4/c1-12(2)16-15(20-3)9-13(17(21-4)18(16)22-5)11-23-14-7-6-8-19-10-14/h6-10,12H,11H2,1-5H3. The summed E-state index contributed by atoms with van der Waals surface area (Å²) >= 11 is 0. The smallest absolute Gasteiger partial charge is 0.168 e. The van der Waals surface area contributed by atoms with E-state index in [-0.39, 0.29) is 5.92 Å². The molecule has 1 aromatic carbocycles. The van der Waals surface area contributed by atoms with Gasteiger partial charge in [-0.2, -0.15) is 0 Å². The number of pyridine rings is 1. The number of methoxy groups -OCH3 is 3. The topological polar surface area (TPSA) is 49.8 Å². The Morgan fingerprint density at radius 2 is 1.78 bits per heavy atom. The zero-order chi connectivity index (χ0) is 16.8. The minimum Gasteiger partial charge on any atom is -0.496 e. The number of aromatic nitrogens is 1. The first-order valence-corrected chi connectivity index (χ1v) is 7.46. The molecule has 2 rings (SSSR count). The summed E-state index contributed by atoms with van der Waals surface area (Å²) in [6.45, 7) is 4.51. The molecule has 5 nitrogen and oxygen atoms in total. The van der Waals surface area contributed by atoms with E-state index in [0.29, 0.717) is 23.9 Å². The van der Waals surface area contributed by atoms with Crippen molar-refractivity contribution in [2.45, 2.75) is 26.4 Å². The van der Waals surface area contributed by atoms with Gasteiger partial charge in [0.2, 0.25) is 0 Å². The first-order chi connectivity index (χ1) is 11.1. The highest BCUT2D eigenvalue weighted by Gasteiger charge is 2.22. The fraction of sp³-hybridized carbons (Fsp3) is 0.389. The third-order valence-electron chi connectivity index (χ3n) is 3.55. The van der Waals surface area contributed by atoms with Gasteiger partial charge in [-0.15, -0.1) is 0 Å². The summed E-state index contributed by atoms with van der Waals surface area (Å²) in [6.07, 6.45) is 3.38. The fourth-order valence-electron chi connectivity index (χ4n) is 2.52. The van der Waals surface area contributed by atoms with Crippen molar-refractivity contribution in [2.75, 3.05) is 21.3 Å². The van der Waals surface area contributed by atoms with Gasteiger partial charge in [-0.3, -0.25) is 4.98 Å².